The number of urea groups is 1. The summed E-state index contributed by atoms with van der Waals surface area (Å²) in [6.45, 7) is 5.11. The summed E-state index contributed by atoms with van der Waals surface area (Å²) in [6.07, 6.45) is 4.91. The van der Waals surface area contributed by atoms with Gasteiger partial charge in [0.2, 0.25) is 11.8 Å². The van der Waals surface area contributed by atoms with Crippen LogP contribution in [0.3, 0.4) is 0 Å². The monoisotopic (exact) mass is 926 g/mol. The molecule has 4 saturated heterocycles. The Kier molecular flexibility index (Phi) is 12.3. The maximum Gasteiger partial charge on any atom is 0.329 e. The number of carbonyl (C=O) groups excluding carboxylic acids is 3. The van der Waals surface area contributed by atoms with Gasteiger partial charge in [-0.1, -0.05) is 6.92 Å². The number of aromatic nitrogens is 4. The van der Waals surface area contributed by atoms with Gasteiger partial charge in [-0.25, -0.2) is 27.3 Å². The van der Waals surface area contributed by atoms with Crippen LogP contribution in [0.25, 0.3) is 21.8 Å². The first-order valence-corrected chi connectivity index (χ1v) is 22.8. The van der Waals surface area contributed by atoms with Crippen molar-refractivity contribution in [3.8, 4) is 6.07 Å². The van der Waals surface area contributed by atoms with Gasteiger partial charge in [-0.3, -0.25) is 33.8 Å². The summed E-state index contributed by atoms with van der Waals surface area (Å²) in [5, 5.41) is 19.6. The van der Waals surface area contributed by atoms with Crippen molar-refractivity contribution < 1.29 is 32.3 Å². The van der Waals surface area contributed by atoms with Crippen LogP contribution in [0.4, 0.5) is 46.5 Å². The van der Waals surface area contributed by atoms with Crippen molar-refractivity contribution in [2.45, 2.75) is 63.5 Å². The number of fused-ring (bicyclic) bond motifs is 2. The average Bonchev–Trinajstić information content (AvgIpc) is 3.86. The van der Waals surface area contributed by atoms with Gasteiger partial charge in [-0.15, -0.1) is 0 Å². The molecule has 17 nitrogen and oxygen atoms in total. The Morgan fingerprint density at radius 3 is 2.53 bits per heavy atom. The van der Waals surface area contributed by atoms with Gasteiger partial charge in [0.25, 0.3) is 5.56 Å². The van der Waals surface area contributed by atoms with Crippen LogP contribution >= 0.6 is 12.1 Å². The van der Waals surface area contributed by atoms with Gasteiger partial charge in [0, 0.05) is 76.7 Å². The Bertz CT molecular complexity index is 2850. The number of amides is 4. The highest BCUT2D eigenvalue weighted by atomic mass is 32.2. The second kappa shape index (κ2) is 18.1. The van der Waals surface area contributed by atoms with Crippen LogP contribution in [0.15, 0.2) is 47.5 Å². The van der Waals surface area contributed by atoms with E-state index in [1.54, 1.807) is 17.8 Å². The van der Waals surface area contributed by atoms with E-state index in [0.29, 0.717) is 99.3 Å². The van der Waals surface area contributed by atoms with E-state index in [-0.39, 0.29) is 65.1 Å². The normalized spacial score (nSPS) is 19.0. The molecule has 5 aromatic rings. The number of halogens is 3. The Labute approximate surface area is 382 Å². The predicted molar refractivity (Wildman–Crippen MR) is 244 cm³/mol. The fourth-order valence-corrected chi connectivity index (χ4v) is 10.0. The first kappa shape index (κ1) is 44.8. The summed E-state index contributed by atoms with van der Waals surface area (Å²) < 4.78 is 61.4. The number of hydrogen-bond acceptors (Lipinski definition) is 13. The third-order valence-corrected chi connectivity index (χ3v) is 14.3. The molecule has 4 fully saturated rings. The zero-order chi connectivity index (χ0) is 46.4. The smallest absolute Gasteiger partial charge is 0.329 e. The minimum Gasteiger partial charge on any atom is -0.373 e. The maximum absolute atomic E-state index is 16.3. The SMILES string of the molecule is CCN(C)SNc1ccc(F)c(Nc2ccc3ncn(C4COC5(CCN(C(=O)CC6CCN(c7cc8c(cc7F)c(N7CCC(=O)NC7=O)nn8C)CC6)CC5)C4)c(=O)c3c2F)c1C#N. The van der Waals surface area contributed by atoms with Gasteiger partial charge in [-0.2, -0.15) is 10.4 Å². The van der Waals surface area contributed by atoms with Gasteiger partial charge in [0.05, 0.1) is 58.4 Å². The Morgan fingerprint density at radius 1 is 1.05 bits per heavy atom. The molecule has 1 spiro atoms. The van der Waals surface area contributed by atoms with Crippen LogP contribution < -0.4 is 30.7 Å². The molecule has 6 heterocycles. The van der Waals surface area contributed by atoms with Gasteiger partial charge in [0.1, 0.15) is 28.7 Å². The number of nitrogens with zero attached hydrogens (tertiary/aromatic N) is 9. The molecule has 1 atom stereocenters. The molecule has 4 amide bonds. The van der Waals surface area contributed by atoms with Crippen molar-refractivity contribution in [1.82, 2.24) is 33.9 Å². The molecule has 21 heteroatoms. The lowest BCUT2D eigenvalue weighted by Crippen LogP contribution is -2.49. The van der Waals surface area contributed by atoms with Crippen molar-refractivity contribution in [3.63, 3.8) is 0 Å². The molecule has 0 bridgehead atoms. The molecule has 1 unspecified atom stereocenters. The third kappa shape index (κ3) is 8.48. The highest BCUT2D eigenvalue weighted by Gasteiger charge is 2.45. The molecule has 66 heavy (non-hydrogen) atoms. The molecule has 4 aliphatic heterocycles. The van der Waals surface area contributed by atoms with Crippen LogP contribution in [0.2, 0.25) is 0 Å². The van der Waals surface area contributed by atoms with E-state index in [2.05, 4.69) is 25.4 Å². The number of rotatable bonds is 11. The van der Waals surface area contributed by atoms with Crippen LogP contribution in [0.5, 0.6) is 0 Å². The minimum atomic E-state index is -0.925. The van der Waals surface area contributed by atoms with E-state index in [0.717, 1.165) is 0 Å². The van der Waals surface area contributed by atoms with E-state index in [4.69, 9.17) is 4.74 Å². The zero-order valence-electron chi connectivity index (χ0n) is 36.7. The number of imide groups is 1. The second-order valence-corrected chi connectivity index (χ2v) is 18.4. The first-order valence-electron chi connectivity index (χ1n) is 22.0. The molecular weight excluding hydrogens is 878 g/mol. The van der Waals surface area contributed by atoms with Crippen molar-refractivity contribution in [2.24, 2.45) is 13.0 Å². The van der Waals surface area contributed by atoms with E-state index >= 15 is 13.2 Å². The maximum atomic E-state index is 16.3. The minimum absolute atomic E-state index is 0.0545. The fraction of sp³-hybridized carbons (Fsp3) is 0.444. The van der Waals surface area contributed by atoms with Crippen molar-refractivity contribution in [3.05, 3.63) is 76.1 Å². The molecule has 346 valence electrons. The number of anilines is 5. The van der Waals surface area contributed by atoms with E-state index in [1.807, 2.05) is 34.1 Å². The number of aryl methyl sites for hydroxylation is 1. The second-order valence-electron chi connectivity index (χ2n) is 17.4. The van der Waals surface area contributed by atoms with Crippen LogP contribution in [0.1, 0.15) is 63.5 Å². The van der Waals surface area contributed by atoms with Crippen LogP contribution in [0, 0.1) is 34.7 Å². The predicted octanol–water partition coefficient (Wildman–Crippen LogP) is 6.32. The molecule has 0 saturated carbocycles. The standard InChI is InChI=1S/C45H49F3N12O5S/c1-4-55(2)66-54-32-6-5-30(46)41(29(32)23-49)51-34-8-7-33-39(40(34)48)43(63)60(25-50-33)27-22-45(65-24-27)12-17-58(18-13-45)38(62)19-26-9-14-57(15-10-26)36-21-35-28(20-31(36)47)42(53-56(35)3)59-16-11-37(61)52-44(59)64/h5-8,20-21,25-27,51,54H,4,9-19,22,24H2,1-3H3,(H,52,61,64). The molecule has 0 radical (unpaired) electrons. The Hall–Kier alpha value is -6.37. The molecule has 4 aliphatic rings. The molecule has 9 rings (SSSR count). The number of ether oxygens (including phenoxy) is 1. The summed E-state index contributed by atoms with van der Waals surface area (Å²) >= 11 is 1.22. The van der Waals surface area contributed by atoms with Gasteiger partial charge in [0.15, 0.2) is 11.6 Å². The van der Waals surface area contributed by atoms with Crippen molar-refractivity contribution in [2.75, 3.05) is 72.8 Å². The number of carbonyl (C=O) groups is 3. The largest absolute Gasteiger partial charge is 0.373 e. The summed E-state index contributed by atoms with van der Waals surface area (Å²) in [7, 11) is 3.57. The fourth-order valence-electron chi connectivity index (χ4n) is 9.49. The zero-order valence-corrected chi connectivity index (χ0v) is 37.5. The number of nitriles is 1. The van der Waals surface area contributed by atoms with Crippen LogP contribution in [-0.4, -0.2) is 105 Å². The van der Waals surface area contributed by atoms with Crippen molar-refractivity contribution >= 4 is 80.4 Å². The topological polar surface area (TPSA) is 186 Å². The Balaban J connectivity index is 0.805. The quantitative estimate of drug-likeness (QED) is 0.125. The van der Waals surface area contributed by atoms with E-state index in [9.17, 15) is 24.4 Å². The van der Waals surface area contributed by atoms with Gasteiger partial charge < -0.3 is 24.6 Å². The molecule has 3 aromatic carbocycles. The summed E-state index contributed by atoms with van der Waals surface area (Å²) in [6, 6.07) is 9.53. The Morgan fingerprint density at radius 2 is 1.80 bits per heavy atom. The van der Waals surface area contributed by atoms with Gasteiger partial charge in [-0.05, 0) is 81.5 Å². The highest BCUT2D eigenvalue weighted by molar-refractivity contribution is 7.98. The summed E-state index contributed by atoms with van der Waals surface area (Å²) in [4.78, 5) is 61.4. The summed E-state index contributed by atoms with van der Waals surface area (Å²) in [5.41, 5.74) is -0.131. The third-order valence-electron chi connectivity index (χ3n) is 13.4. The number of piperidine rings is 2. The number of likely N-dealkylation sites (tertiary alicyclic amines) is 1. The molecular formula is C45H49F3N12O5S. The molecule has 3 N–H and O–H groups in total. The molecule has 2 aromatic heterocycles. The lowest BCUT2D eigenvalue weighted by Gasteiger charge is -2.40. The lowest BCUT2D eigenvalue weighted by molar-refractivity contribution is -0.137. The summed E-state index contributed by atoms with van der Waals surface area (Å²) in [5.74, 6) is -2.03. The van der Waals surface area contributed by atoms with E-state index < -0.39 is 40.7 Å². The first-order chi connectivity index (χ1) is 31.8. The van der Waals surface area contributed by atoms with Gasteiger partial charge >= 0.3 is 6.03 Å². The lowest BCUT2D eigenvalue weighted by atomic mass is 9.86. The number of hydrogen-bond donors (Lipinski definition) is 3. The average molecular weight is 927 g/mol. The highest BCUT2D eigenvalue weighted by Crippen LogP contribution is 2.42. The van der Waals surface area contributed by atoms with Crippen LogP contribution in [-0.2, 0) is 21.4 Å². The number of benzene rings is 3. The van der Waals surface area contributed by atoms with E-state index in [1.165, 1.54) is 58.3 Å². The molecule has 0 aliphatic carbocycles. The van der Waals surface area contributed by atoms with Crippen molar-refractivity contribution in [1.29, 1.82) is 5.26 Å². The number of nitrogens with one attached hydrogen (secondary N) is 3.